The monoisotopic (exact) mass is 341 g/mol. The lowest BCUT2D eigenvalue weighted by molar-refractivity contribution is 0.571. The molecule has 0 N–H and O–H groups in total. The molecule has 1 aliphatic heterocycles. The number of benzene rings is 1. The smallest absolute Gasteiger partial charge is 0.151 e. The highest BCUT2D eigenvalue weighted by atomic mass is 35.5. The van der Waals surface area contributed by atoms with Gasteiger partial charge in [0.1, 0.15) is 0 Å². The Morgan fingerprint density at radius 2 is 1.67 bits per heavy atom. The third-order valence-electron chi connectivity index (χ3n) is 3.60. The van der Waals surface area contributed by atoms with Gasteiger partial charge in [0.25, 0.3) is 0 Å². The molecule has 0 radical (unpaired) electrons. The highest BCUT2D eigenvalue weighted by Gasteiger charge is 2.14. The van der Waals surface area contributed by atoms with Gasteiger partial charge in [-0.2, -0.15) is 0 Å². The van der Waals surface area contributed by atoms with Crippen LogP contribution in [0.2, 0.25) is 15.1 Å². The maximum atomic E-state index is 6.22. The summed E-state index contributed by atoms with van der Waals surface area (Å²) in [5, 5.41) is 9.98. The molecule has 21 heavy (non-hydrogen) atoms. The van der Waals surface area contributed by atoms with Crippen LogP contribution in [0, 0.1) is 0 Å². The molecule has 0 bridgehead atoms. The van der Waals surface area contributed by atoms with Crippen LogP contribution in [0.1, 0.15) is 19.3 Å². The molecule has 0 saturated carbocycles. The van der Waals surface area contributed by atoms with Crippen molar-refractivity contribution in [2.24, 2.45) is 0 Å². The van der Waals surface area contributed by atoms with E-state index < -0.39 is 0 Å². The quantitative estimate of drug-likeness (QED) is 0.711. The zero-order valence-corrected chi connectivity index (χ0v) is 13.6. The summed E-state index contributed by atoms with van der Waals surface area (Å²) in [5.41, 5.74) is 1.37. The van der Waals surface area contributed by atoms with Crippen LogP contribution >= 0.6 is 34.8 Å². The predicted molar refractivity (Wildman–Crippen MR) is 88.6 cm³/mol. The van der Waals surface area contributed by atoms with Gasteiger partial charge >= 0.3 is 0 Å². The van der Waals surface area contributed by atoms with E-state index in [9.17, 15) is 0 Å². The summed E-state index contributed by atoms with van der Waals surface area (Å²) < 4.78 is 0. The lowest BCUT2D eigenvalue weighted by Crippen LogP contribution is -2.30. The van der Waals surface area contributed by atoms with E-state index in [-0.39, 0.29) is 0 Å². The first kappa shape index (κ1) is 14.9. The summed E-state index contributed by atoms with van der Waals surface area (Å²) in [6.07, 6.45) is 3.71. The van der Waals surface area contributed by atoms with Crippen LogP contribution in [0.3, 0.4) is 0 Å². The van der Waals surface area contributed by atoms with Crippen molar-refractivity contribution in [3.05, 3.63) is 39.3 Å². The summed E-state index contributed by atoms with van der Waals surface area (Å²) in [6.45, 7) is 2.08. The van der Waals surface area contributed by atoms with E-state index >= 15 is 0 Å². The summed E-state index contributed by atoms with van der Waals surface area (Å²) in [6, 6.07) is 7.24. The molecule has 2 heterocycles. The van der Waals surface area contributed by atoms with Crippen LogP contribution in [0.5, 0.6) is 0 Å². The third kappa shape index (κ3) is 3.25. The first-order valence-corrected chi connectivity index (χ1v) is 8.02. The second-order valence-corrected chi connectivity index (χ2v) is 6.30. The molecule has 2 aromatic rings. The Labute approximate surface area is 138 Å². The second kappa shape index (κ2) is 6.39. The van der Waals surface area contributed by atoms with E-state index in [1.807, 2.05) is 12.1 Å². The van der Waals surface area contributed by atoms with Gasteiger partial charge in [-0.05, 0) is 43.5 Å². The first-order valence-electron chi connectivity index (χ1n) is 6.89. The number of aromatic nitrogens is 2. The molecule has 1 aliphatic rings. The Kier molecular flexibility index (Phi) is 4.53. The average molecular weight is 343 g/mol. The number of piperidine rings is 1. The number of anilines is 1. The molecule has 0 amide bonds. The molecule has 0 unspecified atom stereocenters. The maximum absolute atomic E-state index is 6.22. The van der Waals surface area contributed by atoms with Gasteiger partial charge in [0.05, 0.1) is 15.7 Å². The zero-order valence-electron chi connectivity index (χ0n) is 11.3. The minimum absolute atomic E-state index is 0.418. The van der Waals surface area contributed by atoms with Crippen LogP contribution < -0.4 is 4.90 Å². The highest BCUT2D eigenvalue weighted by Crippen LogP contribution is 2.35. The molecule has 3 nitrogen and oxygen atoms in total. The van der Waals surface area contributed by atoms with E-state index in [0.717, 1.165) is 18.9 Å². The lowest BCUT2D eigenvalue weighted by Gasteiger charge is -2.27. The molecule has 3 rings (SSSR count). The Bertz CT molecular complexity index is 637. The van der Waals surface area contributed by atoms with Gasteiger partial charge in [0, 0.05) is 23.7 Å². The number of nitrogens with zero attached hydrogens (tertiary/aromatic N) is 3. The minimum atomic E-state index is 0.418. The van der Waals surface area contributed by atoms with E-state index in [4.69, 9.17) is 34.8 Å². The summed E-state index contributed by atoms with van der Waals surface area (Å²) >= 11 is 18.3. The molecule has 0 aliphatic carbocycles. The van der Waals surface area contributed by atoms with Crippen molar-refractivity contribution < 1.29 is 0 Å². The summed E-state index contributed by atoms with van der Waals surface area (Å²) in [7, 11) is 0. The minimum Gasteiger partial charge on any atom is -0.355 e. The molecule has 1 aromatic carbocycles. The zero-order chi connectivity index (χ0) is 14.8. The molecular formula is C15H14Cl3N3. The Morgan fingerprint density at radius 3 is 2.33 bits per heavy atom. The average Bonchev–Trinajstić information content (AvgIpc) is 2.52. The van der Waals surface area contributed by atoms with Gasteiger partial charge in [0.2, 0.25) is 0 Å². The second-order valence-electron chi connectivity index (χ2n) is 5.07. The molecule has 0 spiro atoms. The van der Waals surface area contributed by atoms with Gasteiger partial charge < -0.3 is 4.90 Å². The standard InChI is InChI=1S/C15H14Cl3N3/c16-10-8-11(15(18)12(17)9-10)13-4-5-14(20-19-13)21-6-2-1-3-7-21/h4-5,8-9H,1-3,6-7H2. The Morgan fingerprint density at radius 1 is 0.905 bits per heavy atom. The SMILES string of the molecule is Clc1cc(Cl)c(Cl)c(-c2ccc(N3CCCCC3)nn2)c1. The van der Waals surface area contributed by atoms with Crippen LogP contribution in [-0.2, 0) is 0 Å². The maximum Gasteiger partial charge on any atom is 0.151 e. The van der Waals surface area contributed by atoms with Crippen LogP contribution in [0.4, 0.5) is 5.82 Å². The molecule has 1 aromatic heterocycles. The number of rotatable bonds is 2. The van der Waals surface area contributed by atoms with Crippen LogP contribution in [-0.4, -0.2) is 23.3 Å². The van der Waals surface area contributed by atoms with E-state index in [0.29, 0.717) is 26.3 Å². The fourth-order valence-electron chi connectivity index (χ4n) is 2.50. The van der Waals surface area contributed by atoms with Gasteiger partial charge in [-0.3, -0.25) is 0 Å². The van der Waals surface area contributed by atoms with Gasteiger partial charge in [-0.1, -0.05) is 34.8 Å². The molecule has 1 saturated heterocycles. The fraction of sp³-hybridized carbons (Fsp3) is 0.333. The van der Waals surface area contributed by atoms with E-state index in [2.05, 4.69) is 15.1 Å². The summed E-state index contributed by atoms with van der Waals surface area (Å²) in [4.78, 5) is 2.26. The lowest BCUT2D eigenvalue weighted by atomic mass is 10.1. The Balaban J connectivity index is 1.90. The molecule has 0 atom stereocenters. The van der Waals surface area contributed by atoms with Gasteiger partial charge in [-0.25, -0.2) is 0 Å². The Hall–Kier alpha value is -1.03. The van der Waals surface area contributed by atoms with Crippen molar-refractivity contribution in [2.45, 2.75) is 19.3 Å². The van der Waals surface area contributed by atoms with Crippen molar-refractivity contribution in [3.63, 3.8) is 0 Å². The van der Waals surface area contributed by atoms with Crippen molar-refractivity contribution in [2.75, 3.05) is 18.0 Å². The largest absolute Gasteiger partial charge is 0.355 e. The molecule has 110 valence electrons. The van der Waals surface area contributed by atoms with E-state index in [1.54, 1.807) is 12.1 Å². The van der Waals surface area contributed by atoms with Crippen molar-refractivity contribution >= 4 is 40.6 Å². The number of hydrogen-bond acceptors (Lipinski definition) is 3. The predicted octanol–water partition coefficient (Wildman–Crippen LogP) is 5.09. The molecule has 6 heteroatoms. The first-order chi connectivity index (χ1) is 10.1. The van der Waals surface area contributed by atoms with Crippen LogP contribution in [0.15, 0.2) is 24.3 Å². The van der Waals surface area contributed by atoms with Crippen molar-refractivity contribution in [1.29, 1.82) is 0 Å². The fourth-order valence-corrected chi connectivity index (χ4v) is 3.20. The van der Waals surface area contributed by atoms with Crippen molar-refractivity contribution in [1.82, 2.24) is 10.2 Å². The number of halogens is 3. The normalized spacial score (nSPS) is 15.3. The third-order valence-corrected chi connectivity index (χ3v) is 4.62. The summed E-state index contributed by atoms with van der Waals surface area (Å²) in [5.74, 6) is 0.905. The number of hydrogen-bond donors (Lipinski definition) is 0. The van der Waals surface area contributed by atoms with E-state index in [1.165, 1.54) is 19.3 Å². The van der Waals surface area contributed by atoms with Gasteiger partial charge in [0.15, 0.2) is 5.82 Å². The highest BCUT2D eigenvalue weighted by molar-refractivity contribution is 6.45. The van der Waals surface area contributed by atoms with Gasteiger partial charge in [-0.15, -0.1) is 10.2 Å². The van der Waals surface area contributed by atoms with Crippen molar-refractivity contribution in [3.8, 4) is 11.3 Å². The molecular weight excluding hydrogens is 329 g/mol. The molecule has 1 fully saturated rings. The topological polar surface area (TPSA) is 29.0 Å². The van der Waals surface area contributed by atoms with Crippen LogP contribution in [0.25, 0.3) is 11.3 Å².